The molecule has 0 bridgehead atoms. The number of hydrogen-bond donors (Lipinski definition) is 0. The fraction of sp³-hybridized carbons (Fsp3) is 0. The van der Waals surface area contributed by atoms with Crippen LogP contribution in [0.25, 0.3) is 136 Å². The van der Waals surface area contributed by atoms with Crippen molar-refractivity contribution in [2.75, 3.05) is 0 Å². The first-order valence-corrected chi connectivity index (χ1v) is 22.7. The van der Waals surface area contributed by atoms with Crippen LogP contribution in [0.4, 0.5) is 0 Å². The van der Waals surface area contributed by atoms with Crippen LogP contribution in [0.2, 0.25) is 0 Å². The van der Waals surface area contributed by atoms with Gasteiger partial charge in [-0.05, 0) is 87.3 Å². The molecule has 4 aromatic heterocycles. The Morgan fingerprint density at radius 2 is 1.02 bits per heavy atom. The van der Waals surface area contributed by atoms with Crippen molar-refractivity contribution in [1.29, 1.82) is 0 Å². The Balaban J connectivity index is 0.982. The minimum Gasteiger partial charge on any atom is -0.455 e. The van der Waals surface area contributed by atoms with Gasteiger partial charge in [-0.25, -0.2) is 15.0 Å². The fourth-order valence-corrected chi connectivity index (χ4v) is 11.1. The normalized spacial score (nSPS) is 12.0. The molecule has 65 heavy (non-hydrogen) atoms. The summed E-state index contributed by atoms with van der Waals surface area (Å²) in [4.78, 5) is 15.8. The molecule has 4 heterocycles. The van der Waals surface area contributed by atoms with Crippen molar-refractivity contribution in [1.82, 2.24) is 19.5 Å². The number of thiophene rings is 1. The van der Waals surface area contributed by atoms with Crippen molar-refractivity contribution in [2.45, 2.75) is 0 Å². The molecule has 6 heteroatoms. The van der Waals surface area contributed by atoms with Gasteiger partial charge in [0.15, 0.2) is 17.5 Å². The number of para-hydroxylation sites is 2. The number of benzene rings is 10. The van der Waals surface area contributed by atoms with Crippen LogP contribution < -0.4 is 0 Å². The van der Waals surface area contributed by atoms with Gasteiger partial charge >= 0.3 is 0 Å². The zero-order valence-electron chi connectivity index (χ0n) is 34.7. The maximum absolute atomic E-state index is 6.93. The van der Waals surface area contributed by atoms with Gasteiger partial charge in [0.05, 0.1) is 16.6 Å². The first-order chi connectivity index (χ1) is 32.2. The monoisotopic (exact) mass is 846 g/mol. The van der Waals surface area contributed by atoms with Crippen molar-refractivity contribution in [3.05, 3.63) is 206 Å². The van der Waals surface area contributed by atoms with Crippen LogP contribution in [0.3, 0.4) is 0 Å². The molecule has 0 atom stereocenters. The van der Waals surface area contributed by atoms with Gasteiger partial charge in [0, 0.05) is 58.5 Å². The number of furan rings is 1. The molecule has 302 valence electrons. The third-order valence-electron chi connectivity index (χ3n) is 13.0. The van der Waals surface area contributed by atoms with Crippen LogP contribution in [0, 0.1) is 0 Å². The van der Waals surface area contributed by atoms with E-state index in [-0.39, 0.29) is 0 Å². The number of aromatic nitrogens is 4. The molecule has 14 rings (SSSR count). The summed E-state index contributed by atoms with van der Waals surface area (Å²) in [5.41, 5.74) is 9.98. The molecule has 0 saturated heterocycles. The summed E-state index contributed by atoms with van der Waals surface area (Å²) in [5, 5.41) is 11.6. The molecule has 0 N–H and O–H groups in total. The van der Waals surface area contributed by atoms with Crippen LogP contribution in [0.15, 0.2) is 211 Å². The summed E-state index contributed by atoms with van der Waals surface area (Å²) < 4.78 is 11.8. The molecule has 0 radical (unpaired) electrons. The second kappa shape index (κ2) is 14.0. The standard InChI is InChI=1S/C59H34N4OS/c1-2-12-35(13-3-1)36-24-26-38(27-25-36)57-60-58(45-19-11-23-53-55(45)43-17-7-9-22-52(43)65-53)62-59(61-57)46-20-10-18-44-54-47-34-41(30-28-37(47)29-31-51(54)64-56(44)46)63-49-21-8-6-16-42(49)48-32-39-14-4-5-15-40(39)33-50(48)63/h1-34H. The fourth-order valence-electron chi connectivity index (χ4n) is 10.0. The molecule has 5 nitrogen and oxygen atoms in total. The lowest BCUT2D eigenvalue weighted by Crippen LogP contribution is -2.00. The van der Waals surface area contributed by atoms with E-state index >= 15 is 0 Å². The van der Waals surface area contributed by atoms with Crippen molar-refractivity contribution >= 4 is 96.8 Å². The second-order valence-corrected chi connectivity index (χ2v) is 17.8. The van der Waals surface area contributed by atoms with E-state index in [1.807, 2.05) is 6.07 Å². The maximum Gasteiger partial charge on any atom is 0.167 e. The summed E-state index contributed by atoms with van der Waals surface area (Å²) in [5.74, 6) is 1.78. The Morgan fingerprint density at radius 3 is 1.89 bits per heavy atom. The van der Waals surface area contributed by atoms with Gasteiger partial charge < -0.3 is 8.98 Å². The SMILES string of the molecule is c1ccc(-c2ccc(-c3nc(-c4cccc5c4oc4ccc6ccc(-n7c8ccccc8c8cc9ccccc9cc87)cc6c45)nc(-c4cccc5sc6ccccc6c45)n3)cc2)cc1. The summed E-state index contributed by atoms with van der Waals surface area (Å²) in [6, 6.07) is 73.3. The van der Waals surface area contributed by atoms with Crippen LogP contribution in [0.5, 0.6) is 0 Å². The van der Waals surface area contributed by atoms with Gasteiger partial charge in [-0.1, -0.05) is 152 Å². The Bertz CT molecular complexity index is 4240. The van der Waals surface area contributed by atoms with Gasteiger partial charge in [-0.3, -0.25) is 0 Å². The molecule has 0 aliphatic carbocycles. The zero-order chi connectivity index (χ0) is 42.6. The Labute approximate surface area is 376 Å². The predicted molar refractivity (Wildman–Crippen MR) is 271 cm³/mol. The summed E-state index contributed by atoms with van der Waals surface area (Å²) in [6.07, 6.45) is 0. The van der Waals surface area contributed by atoms with E-state index in [2.05, 4.69) is 205 Å². The highest BCUT2D eigenvalue weighted by Crippen LogP contribution is 2.43. The molecule has 0 spiro atoms. The third-order valence-corrected chi connectivity index (χ3v) is 14.2. The minimum absolute atomic E-state index is 0.556. The van der Waals surface area contributed by atoms with Gasteiger partial charge in [0.2, 0.25) is 0 Å². The Kier molecular flexibility index (Phi) is 7.79. The van der Waals surface area contributed by atoms with E-state index in [0.717, 1.165) is 71.6 Å². The van der Waals surface area contributed by atoms with Crippen LogP contribution >= 0.6 is 11.3 Å². The van der Waals surface area contributed by atoms with Crippen molar-refractivity contribution in [3.63, 3.8) is 0 Å². The molecule has 0 saturated carbocycles. The van der Waals surface area contributed by atoms with E-state index in [1.165, 1.54) is 47.4 Å². The average molecular weight is 847 g/mol. The van der Waals surface area contributed by atoms with Crippen molar-refractivity contribution < 1.29 is 4.42 Å². The second-order valence-electron chi connectivity index (χ2n) is 16.7. The largest absolute Gasteiger partial charge is 0.455 e. The molecular formula is C59H34N4OS. The quantitative estimate of drug-likeness (QED) is 0.173. The smallest absolute Gasteiger partial charge is 0.167 e. The van der Waals surface area contributed by atoms with Crippen molar-refractivity contribution in [3.8, 4) is 51.0 Å². The van der Waals surface area contributed by atoms with E-state index in [4.69, 9.17) is 19.4 Å². The first kappa shape index (κ1) is 36.1. The van der Waals surface area contributed by atoms with Crippen LogP contribution in [-0.2, 0) is 0 Å². The molecule has 0 fully saturated rings. The van der Waals surface area contributed by atoms with Crippen molar-refractivity contribution in [2.24, 2.45) is 0 Å². The van der Waals surface area contributed by atoms with E-state index in [0.29, 0.717) is 17.5 Å². The number of nitrogens with zero attached hydrogens (tertiary/aromatic N) is 4. The zero-order valence-corrected chi connectivity index (χ0v) is 35.6. The van der Waals surface area contributed by atoms with Gasteiger partial charge in [0.25, 0.3) is 0 Å². The molecule has 0 aliphatic rings. The summed E-state index contributed by atoms with van der Waals surface area (Å²) >= 11 is 1.79. The Morgan fingerprint density at radius 1 is 0.369 bits per heavy atom. The highest BCUT2D eigenvalue weighted by atomic mass is 32.1. The highest BCUT2D eigenvalue weighted by Gasteiger charge is 2.22. The highest BCUT2D eigenvalue weighted by molar-refractivity contribution is 7.25. The maximum atomic E-state index is 6.93. The molecule has 10 aromatic carbocycles. The lowest BCUT2D eigenvalue weighted by atomic mass is 10.0. The van der Waals surface area contributed by atoms with Crippen LogP contribution in [-0.4, -0.2) is 19.5 Å². The lowest BCUT2D eigenvalue weighted by molar-refractivity contribution is 0.670. The van der Waals surface area contributed by atoms with Gasteiger partial charge in [0.1, 0.15) is 11.2 Å². The number of rotatable bonds is 5. The third kappa shape index (κ3) is 5.61. The summed E-state index contributed by atoms with van der Waals surface area (Å²) in [7, 11) is 0. The molecule has 0 aliphatic heterocycles. The lowest BCUT2D eigenvalue weighted by Gasteiger charge is -2.11. The first-order valence-electron chi connectivity index (χ1n) is 21.8. The van der Waals surface area contributed by atoms with E-state index in [9.17, 15) is 0 Å². The number of fused-ring (bicyclic) bond motifs is 12. The average Bonchev–Trinajstić information content (AvgIpc) is 4.05. The summed E-state index contributed by atoms with van der Waals surface area (Å²) in [6.45, 7) is 0. The van der Waals surface area contributed by atoms with Crippen LogP contribution in [0.1, 0.15) is 0 Å². The van der Waals surface area contributed by atoms with Gasteiger partial charge in [-0.15, -0.1) is 11.3 Å². The minimum atomic E-state index is 0.556. The molecule has 0 amide bonds. The molecular weight excluding hydrogens is 813 g/mol. The van der Waals surface area contributed by atoms with Gasteiger partial charge in [-0.2, -0.15) is 0 Å². The predicted octanol–water partition coefficient (Wildman–Crippen LogP) is 16.2. The molecule has 0 unspecified atom stereocenters. The Hall–Kier alpha value is -8.45. The van der Waals surface area contributed by atoms with E-state index < -0.39 is 0 Å². The number of hydrogen-bond acceptors (Lipinski definition) is 5. The van der Waals surface area contributed by atoms with E-state index in [1.54, 1.807) is 11.3 Å². The topological polar surface area (TPSA) is 56.7 Å². The molecule has 14 aromatic rings.